The highest BCUT2D eigenvalue weighted by atomic mass is 14.2. The maximum Gasteiger partial charge on any atom is -0.0414 e. The van der Waals surface area contributed by atoms with Gasteiger partial charge in [-0.25, -0.2) is 0 Å². The Morgan fingerprint density at radius 3 is 2.12 bits per heavy atom. The van der Waals surface area contributed by atoms with Crippen LogP contribution in [0.2, 0.25) is 0 Å². The van der Waals surface area contributed by atoms with Crippen LogP contribution in [0, 0.1) is 5.92 Å². The van der Waals surface area contributed by atoms with Crippen LogP contribution in [0.25, 0.3) is 0 Å². The minimum Gasteiger partial charge on any atom is -0.344 e. The van der Waals surface area contributed by atoms with Crippen LogP contribution in [0.4, 0.5) is 0 Å². The first-order chi connectivity index (χ1) is 3.43. The van der Waals surface area contributed by atoms with Gasteiger partial charge in [0.1, 0.15) is 0 Å². The van der Waals surface area contributed by atoms with E-state index in [0.29, 0.717) is 0 Å². The van der Waals surface area contributed by atoms with E-state index in [1.54, 1.807) is 0 Å². The molecule has 0 aliphatic heterocycles. The van der Waals surface area contributed by atoms with Gasteiger partial charge in [-0.2, -0.15) is 0 Å². The first-order valence-corrected chi connectivity index (χ1v) is 3.43. The van der Waals surface area contributed by atoms with Crippen LogP contribution in [0.15, 0.2) is 0 Å². The Kier molecular flexibility index (Phi) is 3.88. The van der Waals surface area contributed by atoms with Gasteiger partial charge in [0, 0.05) is 0 Å². The average Bonchev–Trinajstić information content (AvgIpc) is 1.55. The van der Waals surface area contributed by atoms with Crippen molar-refractivity contribution in [1.29, 1.82) is 0 Å². The van der Waals surface area contributed by atoms with Gasteiger partial charge < -0.3 is 6.15 Å². The van der Waals surface area contributed by atoms with E-state index >= 15 is 0 Å². The Morgan fingerprint density at radius 1 is 1.38 bits per heavy atom. The van der Waals surface area contributed by atoms with Crippen molar-refractivity contribution in [1.82, 2.24) is 6.15 Å². The van der Waals surface area contributed by atoms with Gasteiger partial charge in [-0.15, -0.1) is 0 Å². The van der Waals surface area contributed by atoms with E-state index in [2.05, 4.69) is 6.92 Å². The van der Waals surface area contributed by atoms with Crippen molar-refractivity contribution in [2.75, 3.05) is 0 Å². The maximum absolute atomic E-state index is 2.28. The Hall–Kier alpha value is -0.0400. The molecule has 8 heavy (non-hydrogen) atoms. The molecule has 3 N–H and O–H groups in total. The molecule has 0 saturated heterocycles. The molecule has 1 heteroatoms. The van der Waals surface area contributed by atoms with Crippen molar-refractivity contribution < 1.29 is 0 Å². The van der Waals surface area contributed by atoms with Crippen molar-refractivity contribution in [2.24, 2.45) is 5.92 Å². The van der Waals surface area contributed by atoms with Gasteiger partial charge in [-0.05, 0) is 5.92 Å². The fraction of sp³-hybridized carbons (Fsp3) is 1.00. The highest BCUT2D eigenvalue weighted by Crippen LogP contribution is 2.29. The molecule has 0 radical (unpaired) electrons. The third-order valence-corrected chi connectivity index (χ3v) is 1.92. The van der Waals surface area contributed by atoms with Gasteiger partial charge >= 0.3 is 0 Å². The normalized spacial score (nSPS) is 19.1. The lowest BCUT2D eigenvalue weighted by molar-refractivity contribution is 0.294. The first kappa shape index (κ1) is 7.96. The average molecular weight is 115 g/mol. The fourth-order valence-electron chi connectivity index (χ4n) is 1.19. The van der Waals surface area contributed by atoms with Crippen LogP contribution < -0.4 is 6.15 Å². The smallest absolute Gasteiger partial charge is 0.0414 e. The number of hydrogen-bond acceptors (Lipinski definition) is 1. The van der Waals surface area contributed by atoms with Gasteiger partial charge in [0.25, 0.3) is 0 Å². The Morgan fingerprint density at radius 2 is 2.00 bits per heavy atom. The predicted molar refractivity (Wildman–Crippen MR) is 37.3 cm³/mol. The van der Waals surface area contributed by atoms with Crippen LogP contribution in [0.5, 0.6) is 0 Å². The van der Waals surface area contributed by atoms with Crippen molar-refractivity contribution >= 4 is 0 Å². The van der Waals surface area contributed by atoms with Crippen molar-refractivity contribution in [3.8, 4) is 0 Å². The molecular weight excluding hydrogens is 98.1 g/mol. The molecule has 50 valence electrons. The molecule has 0 bridgehead atoms. The quantitative estimate of drug-likeness (QED) is 0.590. The molecule has 1 aliphatic carbocycles. The van der Waals surface area contributed by atoms with Gasteiger partial charge in [-0.3, -0.25) is 0 Å². The van der Waals surface area contributed by atoms with E-state index in [-0.39, 0.29) is 6.15 Å². The summed E-state index contributed by atoms with van der Waals surface area (Å²) < 4.78 is 0. The zero-order chi connectivity index (χ0) is 5.11. The van der Waals surface area contributed by atoms with Crippen molar-refractivity contribution in [3.05, 3.63) is 0 Å². The Balaban J connectivity index is 0.000000490. The molecule has 0 heterocycles. The predicted octanol–water partition coefficient (Wildman–Crippen LogP) is 2.75. The lowest BCUT2D eigenvalue weighted by Gasteiger charge is -2.24. The van der Waals surface area contributed by atoms with E-state index in [9.17, 15) is 0 Å². The molecular formula is C7H17N. The van der Waals surface area contributed by atoms with Gasteiger partial charge in [0.15, 0.2) is 0 Å². The molecule has 0 spiro atoms. The molecule has 0 unspecified atom stereocenters. The van der Waals surface area contributed by atoms with Crippen molar-refractivity contribution in [3.63, 3.8) is 0 Å². The molecule has 0 aromatic heterocycles. The SMILES string of the molecule is CCCC1CCC1.N. The second-order valence-corrected chi connectivity index (χ2v) is 2.59. The second-order valence-electron chi connectivity index (χ2n) is 2.59. The topological polar surface area (TPSA) is 35.0 Å². The maximum atomic E-state index is 2.28. The monoisotopic (exact) mass is 115 g/mol. The lowest BCUT2D eigenvalue weighted by atomic mass is 9.82. The van der Waals surface area contributed by atoms with Crippen LogP contribution in [-0.4, -0.2) is 0 Å². The van der Waals surface area contributed by atoms with Gasteiger partial charge in [0.2, 0.25) is 0 Å². The molecule has 1 saturated carbocycles. The summed E-state index contributed by atoms with van der Waals surface area (Å²) in [6, 6.07) is 0. The van der Waals surface area contributed by atoms with Gasteiger partial charge in [-0.1, -0.05) is 39.0 Å². The van der Waals surface area contributed by atoms with E-state index in [4.69, 9.17) is 0 Å². The molecule has 1 fully saturated rings. The molecule has 0 amide bonds. The summed E-state index contributed by atoms with van der Waals surface area (Å²) in [5.74, 6) is 1.13. The summed E-state index contributed by atoms with van der Waals surface area (Å²) >= 11 is 0. The molecule has 0 aromatic carbocycles. The van der Waals surface area contributed by atoms with Crippen LogP contribution in [-0.2, 0) is 0 Å². The summed E-state index contributed by atoms with van der Waals surface area (Å²) in [6.07, 6.45) is 7.43. The summed E-state index contributed by atoms with van der Waals surface area (Å²) in [5.41, 5.74) is 0. The Labute approximate surface area is 52.1 Å². The van der Waals surface area contributed by atoms with E-state index in [1.165, 1.54) is 32.1 Å². The number of rotatable bonds is 2. The lowest BCUT2D eigenvalue weighted by Crippen LogP contribution is -2.09. The first-order valence-electron chi connectivity index (χ1n) is 3.43. The highest BCUT2D eigenvalue weighted by molar-refractivity contribution is 4.67. The summed E-state index contributed by atoms with van der Waals surface area (Å²) in [6.45, 7) is 2.28. The molecule has 1 rings (SSSR count). The highest BCUT2D eigenvalue weighted by Gasteiger charge is 2.14. The summed E-state index contributed by atoms with van der Waals surface area (Å²) in [4.78, 5) is 0. The minimum absolute atomic E-state index is 0. The fourth-order valence-corrected chi connectivity index (χ4v) is 1.19. The van der Waals surface area contributed by atoms with E-state index in [0.717, 1.165) is 5.92 Å². The zero-order valence-electron chi connectivity index (χ0n) is 5.82. The van der Waals surface area contributed by atoms with Crippen LogP contribution >= 0.6 is 0 Å². The van der Waals surface area contributed by atoms with Crippen LogP contribution in [0.3, 0.4) is 0 Å². The standard InChI is InChI=1S/C7H14.H3N/c1-2-4-7-5-3-6-7;/h7H,2-6H2,1H3;1H3. The van der Waals surface area contributed by atoms with Crippen molar-refractivity contribution in [2.45, 2.75) is 39.0 Å². The molecule has 0 atom stereocenters. The zero-order valence-corrected chi connectivity index (χ0v) is 5.82. The summed E-state index contributed by atoms with van der Waals surface area (Å²) in [7, 11) is 0. The molecule has 1 nitrogen and oxygen atoms in total. The third-order valence-electron chi connectivity index (χ3n) is 1.92. The van der Waals surface area contributed by atoms with E-state index in [1.807, 2.05) is 0 Å². The van der Waals surface area contributed by atoms with E-state index < -0.39 is 0 Å². The molecule has 1 aliphatic rings. The molecule has 0 aromatic rings. The number of hydrogen-bond donors (Lipinski definition) is 1. The largest absolute Gasteiger partial charge is 0.344 e. The van der Waals surface area contributed by atoms with Gasteiger partial charge in [0.05, 0.1) is 0 Å². The minimum atomic E-state index is 0. The third kappa shape index (κ3) is 1.83. The summed E-state index contributed by atoms with van der Waals surface area (Å²) in [5, 5.41) is 0. The van der Waals surface area contributed by atoms with Crippen LogP contribution in [0.1, 0.15) is 39.0 Å². The Bertz CT molecular complexity index is 48.3. The second kappa shape index (κ2) is 3.90.